The number of methoxy groups -OCH3 is 1. The summed E-state index contributed by atoms with van der Waals surface area (Å²) in [6, 6.07) is 0. The second kappa shape index (κ2) is 6.56. The van der Waals surface area contributed by atoms with Crippen molar-refractivity contribution in [3.05, 3.63) is 0 Å². The molecule has 1 atom stereocenters. The molecule has 7 heteroatoms. The molecule has 0 saturated carbocycles. The number of ether oxygens (including phenoxy) is 1. The molecule has 0 N–H and O–H groups in total. The first-order valence-electron chi connectivity index (χ1n) is 5.98. The standard InChI is InChI=1S/C12H21N3O2S2/c1-12(2,3)7-8(9(16)17-6)18-11-14-13-10(19-11)15(4)5/h8H,7H2,1-6H3. The molecule has 0 aliphatic heterocycles. The van der Waals surface area contributed by atoms with Gasteiger partial charge in [0.2, 0.25) is 5.13 Å². The smallest absolute Gasteiger partial charge is 0.319 e. The molecule has 0 fully saturated rings. The third-order valence-corrected chi connectivity index (χ3v) is 4.63. The van der Waals surface area contributed by atoms with Crippen LogP contribution in [0.4, 0.5) is 5.13 Å². The minimum atomic E-state index is -0.243. The number of esters is 1. The molecule has 19 heavy (non-hydrogen) atoms. The molecule has 0 spiro atoms. The predicted molar refractivity (Wildman–Crippen MR) is 80.0 cm³/mol. The summed E-state index contributed by atoms with van der Waals surface area (Å²) in [7, 11) is 5.26. The van der Waals surface area contributed by atoms with Gasteiger partial charge in [0.1, 0.15) is 5.25 Å². The molecule has 0 radical (unpaired) electrons. The number of carbonyl (C=O) groups excluding carboxylic acids is 1. The molecule has 1 heterocycles. The van der Waals surface area contributed by atoms with Gasteiger partial charge in [-0.1, -0.05) is 43.9 Å². The number of anilines is 1. The van der Waals surface area contributed by atoms with Gasteiger partial charge in [-0.05, 0) is 11.8 Å². The van der Waals surface area contributed by atoms with Gasteiger partial charge in [0.15, 0.2) is 4.34 Å². The summed E-state index contributed by atoms with van der Waals surface area (Å²) in [6.07, 6.45) is 0.737. The fraction of sp³-hybridized carbons (Fsp3) is 0.750. The van der Waals surface area contributed by atoms with E-state index in [0.717, 1.165) is 15.9 Å². The van der Waals surface area contributed by atoms with Gasteiger partial charge in [-0.3, -0.25) is 4.79 Å². The van der Waals surface area contributed by atoms with Gasteiger partial charge in [-0.25, -0.2) is 0 Å². The summed E-state index contributed by atoms with van der Waals surface area (Å²) in [5.41, 5.74) is 0.0565. The van der Waals surface area contributed by atoms with Crippen LogP contribution in [0.1, 0.15) is 27.2 Å². The van der Waals surface area contributed by atoms with Crippen molar-refractivity contribution in [1.29, 1.82) is 0 Å². The number of nitrogens with zero attached hydrogens (tertiary/aromatic N) is 3. The van der Waals surface area contributed by atoms with E-state index in [2.05, 4.69) is 31.0 Å². The molecule has 0 bridgehead atoms. The highest BCUT2D eigenvalue weighted by atomic mass is 32.2. The number of thioether (sulfide) groups is 1. The predicted octanol–water partition coefficient (Wildman–Crippen LogP) is 2.67. The van der Waals surface area contributed by atoms with Crippen LogP contribution < -0.4 is 4.90 Å². The van der Waals surface area contributed by atoms with Gasteiger partial charge in [0, 0.05) is 14.1 Å². The van der Waals surface area contributed by atoms with Crippen molar-refractivity contribution < 1.29 is 9.53 Å². The van der Waals surface area contributed by atoms with Gasteiger partial charge in [0.05, 0.1) is 7.11 Å². The molecule has 1 rings (SSSR count). The highest BCUT2D eigenvalue weighted by molar-refractivity contribution is 8.02. The van der Waals surface area contributed by atoms with Crippen LogP contribution in [0.25, 0.3) is 0 Å². The van der Waals surface area contributed by atoms with E-state index in [9.17, 15) is 4.79 Å². The van der Waals surface area contributed by atoms with Gasteiger partial charge in [0.25, 0.3) is 0 Å². The zero-order valence-corrected chi connectivity index (χ0v) is 13.9. The Hall–Kier alpha value is -0.820. The lowest BCUT2D eigenvalue weighted by atomic mass is 9.90. The van der Waals surface area contributed by atoms with Crippen LogP contribution in [-0.4, -0.2) is 42.6 Å². The minimum Gasteiger partial charge on any atom is -0.468 e. The van der Waals surface area contributed by atoms with Crippen molar-refractivity contribution in [3.8, 4) is 0 Å². The van der Waals surface area contributed by atoms with Crippen molar-refractivity contribution in [2.75, 3.05) is 26.1 Å². The number of hydrogen-bond donors (Lipinski definition) is 0. The maximum absolute atomic E-state index is 11.8. The average Bonchev–Trinajstić information content (AvgIpc) is 2.74. The first-order chi connectivity index (χ1) is 8.73. The second-order valence-corrected chi connectivity index (χ2v) is 8.05. The van der Waals surface area contributed by atoms with E-state index in [1.165, 1.54) is 30.2 Å². The number of carbonyl (C=O) groups is 1. The lowest BCUT2D eigenvalue weighted by Crippen LogP contribution is -2.24. The summed E-state index contributed by atoms with van der Waals surface area (Å²) < 4.78 is 5.67. The van der Waals surface area contributed by atoms with Crippen LogP contribution in [0.3, 0.4) is 0 Å². The Bertz CT molecular complexity index is 427. The fourth-order valence-corrected chi connectivity index (χ4v) is 3.79. The quantitative estimate of drug-likeness (QED) is 0.616. The molecule has 0 saturated heterocycles. The second-order valence-electron chi connectivity index (χ2n) is 5.64. The summed E-state index contributed by atoms with van der Waals surface area (Å²) in [5.74, 6) is -0.207. The molecule has 0 aliphatic carbocycles. The van der Waals surface area contributed by atoms with E-state index in [-0.39, 0.29) is 16.6 Å². The van der Waals surface area contributed by atoms with Crippen LogP contribution in [-0.2, 0) is 9.53 Å². The van der Waals surface area contributed by atoms with Crippen LogP contribution in [0.15, 0.2) is 4.34 Å². The van der Waals surface area contributed by atoms with Crippen molar-refractivity contribution in [2.45, 2.75) is 36.8 Å². The molecule has 1 aromatic rings. The van der Waals surface area contributed by atoms with E-state index in [1.54, 1.807) is 0 Å². The van der Waals surface area contributed by atoms with E-state index < -0.39 is 0 Å². The van der Waals surface area contributed by atoms with Gasteiger partial charge < -0.3 is 9.64 Å². The Balaban J connectivity index is 2.78. The Morgan fingerprint density at radius 3 is 2.47 bits per heavy atom. The molecule has 1 aromatic heterocycles. The Morgan fingerprint density at radius 2 is 2.05 bits per heavy atom. The summed E-state index contributed by atoms with van der Waals surface area (Å²) >= 11 is 2.91. The first kappa shape index (κ1) is 16.2. The number of aromatic nitrogens is 2. The molecule has 5 nitrogen and oxygen atoms in total. The van der Waals surface area contributed by atoms with Crippen LogP contribution in [0.2, 0.25) is 0 Å². The number of rotatable bonds is 5. The van der Waals surface area contributed by atoms with Crippen molar-refractivity contribution in [3.63, 3.8) is 0 Å². The lowest BCUT2D eigenvalue weighted by molar-refractivity contribution is -0.140. The van der Waals surface area contributed by atoms with Gasteiger partial charge in [-0.15, -0.1) is 10.2 Å². The van der Waals surface area contributed by atoms with Crippen LogP contribution >= 0.6 is 23.1 Å². The minimum absolute atomic E-state index is 0.0565. The Labute approximate surface area is 122 Å². The zero-order valence-electron chi connectivity index (χ0n) is 12.3. The average molecular weight is 303 g/mol. The molecule has 0 aromatic carbocycles. The summed E-state index contributed by atoms with van der Waals surface area (Å²) in [4.78, 5) is 13.7. The highest BCUT2D eigenvalue weighted by Gasteiger charge is 2.28. The molecular formula is C12H21N3O2S2. The fourth-order valence-electron chi connectivity index (χ4n) is 1.41. The molecule has 1 unspecified atom stereocenters. The topological polar surface area (TPSA) is 55.3 Å². The molecule has 0 amide bonds. The third kappa shape index (κ3) is 5.36. The number of hydrogen-bond acceptors (Lipinski definition) is 7. The van der Waals surface area contributed by atoms with E-state index in [1.807, 2.05) is 19.0 Å². The van der Waals surface area contributed by atoms with Crippen molar-refractivity contribution in [2.24, 2.45) is 5.41 Å². The van der Waals surface area contributed by atoms with E-state index in [0.29, 0.717) is 0 Å². The maximum Gasteiger partial charge on any atom is 0.319 e. The highest BCUT2D eigenvalue weighted by Crippen LogP contribution is 2.35. The third-order valence-electron chi connectivity index (χ3n) is 2.28. The van der Waals surface area contributed by atoms with Crippen molar-refractivity contribution >= 4 is 34.2 Å². The summed E-state index contributed by atoms with van der Waals surface area (Å²) in [6.45, 7) is 6.32. The van der Waals surface area contributed by atoms with Crippen molar-refractivity contribution in [1.82, 2.24) is 10.2 Å². The molecule has 0 aliphatic rings. The van der Waals surface area contributed by atoms with Crippen LogP contribution in [0, 0.1) is 5.41 Å². The normalized spacial score (nSPS) is 13.2. The van der Waals surface area contributed by atoms with E-state index >= 15 is 0 Å². The zero-order chi connectivity index (χ0) is 14.6. The largest absolute Gasteiger partial charge is 0.468 e. The molecule has 108 valence electrons. The molecular weight excluding hydrogens is 282 g/mol. The first-order valence-corrected chi connectivity index (χ1v) is 7.68. The van der Waals surface area contributed by atoms with Crippen LogP contribution in [0.5, 0.6) is 0 Å². The van der Waals surface area contributed by atoms with E-state index in [4.69, 9.17) is 4.74 Å². The monoisotopic (exact) mass is 303 g/mol. The lowest BCUT2D eigenvalue weighted by Gasteiger charge is -2.23. The Morgan fingerprint density at radius 1 is 1.42 bits per heavy atom. The summed E-state index contributed by atoms with van der Waals surface area (Å²) in [5, 5.41) is 8.77. The van der Waals surface area contributed by atoms with Gasteiger partial charge >= 0.3 is 5.97 Å². The SMILES string of the molecule is COC(=O)C(CC(C)(C)C)Sc1nnc(N(C)C)s1. The Kier molecular flexibility index (Phi) is 5.61. The maximum atomic E-state index is 11.8. The van der Waals surface area contributed by atoms with Gasteiger partial charge in [-0.2, -0.15) is 0 Å².